The second kappa shape index (κ2) is 4.49. The number of hydrogen-bond acceptors (Lipinski definition) is 4. The van der Waals surface area contributed by atoms with Crippen LogP contribution in [0.5, 0.6) is 0 Å². The van der Waals surface area contributed by atoms with E-state index in [1.165, 1.54) is 0 Å². The van der Waals surface area contributed by atoms with Gasteiger partial charge in [0.05, 0.1) is 18.0 Å². The number of nitrogen functional groups attached to an aromatic ring is 1. The predicted octanol–water partition coefficient (Wildman–Crippen LogP) is 0.327. The molecule has 16 heavy (non-hydrogen) atoms. The normalized spacial score (nSPS) is 20.8. The number of β-amino-alcohol motifs (C(OH)–C–C–N with tert-alkyl or cyclic N) is 1. The van der Waals surface area contributed by atoms with E-state index in [0.717, 1.165) is 25.1 Å². The lowest BCUT2D eigenvalue weighted by molar-refractivity contribution is 0.154. The lowest BCUT2D eigenvalue weighted by Crippen LogP contribution is -2.38. The summed E-state index contributed by atoms with van der Waals surface area (Å²) in [6, 6.07) is 3.63. The van der Waals surface area contributed by atoms with Crippen molar-refractivity contribution in [1.29, 1.82) is 5.41 Å². The molecule has 0 spiro atoms. The predicted molar refractivity (Wildman–Crippen MR) is 62.7 cm³/mol. The highest BCUT2D eigenvalue weighted by Crippen LogP contribution is 2.19. The molecule has 1 fully saturated rings. The Balaban J connectivity index is 2.11. The van der Waals surface area contributed by atoms with E-state index in [4.69, 9.17) is 11.1 Å². The lowest BCUT2D eigenvalue weighted by Gasteiger charge is -2.31. The number of piperidine rings is 1. The number of aliphatic hydroxyl groups excluding tert-OH is 1. The van der Waals surface area contributed by atoms with Gasteiger partial charge in [-0.05, 0) is 25.0 Å². The van der Waals surface area contributed by atoms with Gasteiger partial charge in [0.1, 0.15) is 11.5 Å². The van der Waals surface area contributed by atoms with Crippen LogP contribution >= 0.6 is 0 Å². The maximum absolute atomic E-state index is 9.57. The molecule has 1 saturated heterocycles. The van der Waals surface area contributed by atoms with Crippen molar-refractivity contribution in [2.24, 2.45) is 5.73 Å². The number of aliphatic hydroxyl groups is 1. The van der Waals surface area contributed by atoms with Crippen LogP contribution in [0.2, 0.25) is 0 Å². The molecule has 0 bridgehead atoms. The standard InChI is InChI=1S/C11H16N4O/c12-11(13)10-4-3-8(6-14-10)15-5-1-2-9(16)7-15/h3-4,6,9,16H,1-2,5,7H2,(H3,12,13). The van der Waals surface area contributed by atoms with Gasteiger partial charge in [-0.25, -0.2) is 0 Å². The largest absolute Gasteiger partial charge is 0.391 e. The second-order valence-corrected chi connectivity index (χ2v) is 4.06. The third kappa shape index (κ3) is 2.30. The van der Waals surface area contributed by atoms with E-state index in [-0.39, 0.29) is 11.9 Å². The fraction of sp³-hybridized carbons (Fsp3) is 0.455. The molecule has 5 heteroatoms. The van der Waals surface area contributed by atoms with Crippen LogP contribution in [0.25, 0.3) is 0 Å². The summed E-state index contributed by atoms with van der Waals surface area (Å²) in [5.74, 6) is -0.0229. The SMILES string of the molecule is N=C(N)c1ccc(N2CCCC(O)C2)cn1. The average Bonchev–Trinajstić information content (AvgIpc) is 2.29. The van der Waals surface area contributed by atoms with Gasteiger partial charge in [-0.1, -0.05) is 0 Å². The molecule has 0 amide bonds. The molecule has 0 aromatic carbocycles. The average molecular weight is 220 g/mol. The molecule has 2 rings (SSSR count). The van der Waals surface area contributed by atoms with Crippen LogP contribution in [0.15, 0.2) is 18.3 Å². The molecule has 1 aliphatic heterocycles. The number of amidine groups is 1. The Hall–Kier alpha value is -1.62. The first-order valence-corrected chi connectivity index (χ1v) is 5.40. The van der Waals surface area contributed by atoms with E-state index >= 15 is 0 Å². The van der Waals surface area contributed by atoms with Crippen LogP contribution in [0.4, 0.5) is 5.69 Å². The minimum absolute atomic E-state index is 0.0229. The third-order valence-corrected chi connectivity index (χ3v) is 2.79. The summed E-state index contributed by atoms with van der Waals surface area (Å²) in [4.78, 5) is 6.21. The zero-order valence-corrected chi connectivity index (χ0v) is 9.06. The number of anilines is 1. The Morgan fingerprint density at radius 2 is 2.38 bits per heavy atom. The van der Waals surface area contributed by atoms with Crippen molar-refractivity contribution >= 4 is 11.5 Å². The molecular weight excluding hydrogens is 204 g/mol. The minimum atomic E-state index is -0.249. The summed E-state index contributed by atoms with van der Waals surface area (Å²) in [6.45, 7) is 1.60. The molecule has 0 saturated carbocycles. The monoisotopic (exact) mass is 220 g/mol. The Morgan fingerprint density at radius 3 is 2.94 bits per heavy atom. The van der Waals surface area contributed by atoms with Gasteiger partial charge in [-0.2, -0.15) is 0 Å². The van der Waals surface area contributed by atoms with E-state index in [0.29, 0.717) is 12.2 Å². The number of nitrogens with two attached hydrogens (primary N) is 1. The fourth-order valence-corrected chi connectivity index (χ4v) is 1.92. The molecule has 1 aromatic heterocycles. The van der Waals surface area contributed by atoms with E-state index in [1.54, 1.807) is 12.3 Å². The van der Waals surface area contributed by atoms with Crippen LogP contribution in [-0.2, 0) is 0 Å². The van der Waals surface area contributed by atoms with Gasteiger partial charge in [-0.15, -0.1) is 0 Å². The molecule has 0 aliphatic carbocycles. The Labute approximate surface area is 94.4 Å². The number of hydrogen-bond donors (Lipinski definition) is 3. The van der Waals surface area contributed by atoms with Crippen molar-refractivity contribution in [2.45, 2.75) is 18.9 Å². The highest BCUT2D eigenvalue weighted by Gasteiger charge is 2.17. The number of aromatic nitrogens is 1. The topological polar surface area (TPSA) is 86.2 Å². The van der Waals surface area contributed by atoms with E-state index in [9.17, 15) is 5.11 Å². The first-order valence-electron chi connectivity index (χ1n) is 5.40. The molecule has 1 atom stereocenters. The van der Waals surface area contributed by atoms with E-state index < -0.39 is 0 Å². The summed E-state index contributed by atoms with van der Waals surface area (Å²) in [5, 5.41) is 16.8. The van der Waals surface area contributed by atoms with Gasteiger partial charge in [0.2, 0.25) is 0 Å². The van der Waals surface area contributed by atoms with Crippen molar-refractivity contribution in [3.63, 3.8) is 0 Å². The van der Waals surface area contributed by atoms with Crippen molar-refractivity contribution in [1.82, 2.24) is 4.98 Å². The van der Waals surface area contributed by atoms with Gasteiger partial charge in [0, 0.05) is 13.1 Å². The second-order valence-electron chi connectivity index (χ2n) is 4.06. The summed E-state index contributed by atoms with van der Waals surface area (Å²) < 4.78 is 0. The molecule has 0 radical (unpaired) electrons. The van der Waals surface area contributed by atoms with E-state index in [2.05, 4.69) is 9.88 Å². The van der Waals surface area contributed by atoms with Crippen molar-refractivity contribution in [3.05, 3.63) is 24.0 Å². The Kier molecular flexibility index (Phi) is 3.05. The van der Waals surface area contributed by atoms with Crippen LogP contribution in [-0.4, -0.2) is 35.1 Å². The quantitative estimate of drug-likeness (QED) is 0.495. The summed E-state index contributed by atoms with van der Waals surface area (Å²) in [5.41, 5.74) is 6.79. The highest BCUT2D eigenvalue weighted by atomic mass is 16.3. The Morgan fingerprint density at radius 1 is 1.56 bits per heavy atom. The lowest BCUT2D eigenvalue weighted by atomic mass is 10.1. The molecule has 4 N–H and O–H groups in total. The number of nitrogens with one attached hydrogen (secondary N) is 1. The van der Waals surface area contributed by atoms with Crippen LogP contribution in [0.1, 0.15) is 18.5 Å². The fourth-order valence-electron chi connectivity index (χ4n) is 1.92. The van der Waals surface area contributed by atoms with Crippen molar-refractivity contribution < 1.29 is 5.11 Å². The number of nitrogens with zero attached hydrogens (tertiary/aromatic N) is 2. The summed E-state index contributed by atoms with van der Waals surface area (Å²) >= 11 is 0. The molecule has 5 nitrogen and oxygen atoms in total. The maximum Gasteiger partial charge on any atom is 0.141 e. The highest BCUT2D eigenvalue weighted by molar-refractivity contribution is 5.93. The summed E-state index contributed by atoms with van der Waals surface area (Å²) in [6.07, 6.45) is 3.32. The van der Waals surface area contributed by atoms with Gasteiger partial charge in [0.25, 0.3) is 0 Å². The van der Waals surface area contributed by atoms with Crippen LogP contribution in [0, 0.1) is 5.41 Å². The molecule has 1 unspecified atom stereocenters. The van der Waals surface area contributed by atoms with E-state index in [1.807, 2.05) is 6.07 Å². The van der Waals surface area contributed by atoms with Gasteiger partial charge < -0.3 is 15.7 Å². The van der Waals surface area contributed by atoms with Crippen molar-refractivity contribution in [3.8, 4) is 0 Å². The van der Waals surface area contributed by atoms with Gasteiger partial charge in [0.15, 0.2) is 0 Å². The maximum atomic E-state index is 9.57. The first kappa shape index (κ1) is 10.9. The first-order chi connectivity index (χ1) is 7.66. The molecule has 2 heterocycles. The molecule has 86 valence electrons. The number of rotatable bonds is 2. The summed E-state index contributed by atoms with van der Waals surface area (Å²) in [7, 11) is 0. The molecular formula is C11H16N4O. The Bertz CT molecular complexity index is 376. The van der Waals surface area contributed by atoms with Crippen LogP contribution < -0.4 is 10.6 Å². The van der Waals surface area contributed by atoms with Crippen LogP contribution in [0.3, 0.4) is 0 Å². The smallest absolute Gasteiger partial charge is 0.141 e. The van der Waals surface area contributed by atoms with Gasteiger partial charge >= 0.3 is 0 Å². The number of pyridine rings is 1. The van der Waals surface area contributed by atoms with Gasteiger partial charge in [-0.3, -0.25) is 10.4 Å². The zero-order valence-electron chi connectivity index (χ0n) is 9.06. The molecule has 1 aliphatic rings. The van der Waals surface area contributed by atoms with Crippen molar-refractivity contribution in [2.75, 3.05) is 18.0 Å². The minimum Gasteiger partial charge on any atom is -0.391 e. The molecule has 1 aromatic rings. The zero-order chi connectivity index (χ0) is 11.5. The third-order valence-electron chi connectivity index (χ3n) is 2.79.